The lowest BCUT2D eigenvalue weighted by Crippen LogP contribution is -2.35. The van der Waals surface area contributed by atoms with Gasteiger partial charge in [-0.1, -0.05) is 24.3 Å². The van der Waals surface area contributed by atoms with E-state index in [-0.39, 0.29) is 11.7 Å². The number of carbonyl (C=O) groups excluding carboxylic acids is 1. The largest absolute Gasteiger partial charge is 0.361 e. The number of nitrogens with zero attached hydrogens (tertiary/aromatic N) is 1. The number of amides is 1. The third-order valence-electron chi connectivity index (χ3n) is 5.57. The van der Waals surface area contributed by atoms with E-state index < -0.39 is 0 Å². The maximum Gasteiger partial charge on any atom is 0.227 e. The number of rotatable bonds is 3. The highest BCUT2D eigenvalue weighted by Gasteiger charge is 2.20. The van der Waals surface area contributed by atoms with Crippen LogP contribution in [0, 0.1) is 5.82 Å². The summed E-state index contributed by atoms with van der Waals surface area (Å²) in [5, 5.41) is 2.00. The lowest BCUT2D eigenvalue weighted by molar-refractivity contribution is -0.130. The fraction of sp³-hybridized carbons (Fsp3) is 0.174. The molecule has 1 amide bonds. The number of para-hydroxylation sites is 1. The standard InChI is InChI=1S/C23H20FN3O/c24-17-5-6-22-19(12-17)20(14-26-22)15-7-9-27(10-8-15)23(28)11-16-13-25-21-4-2-1-3-18(16)21/h1-7,12-14,25-26H,8-11H2. The van der Waals surface area contributed by atoms with Gasteiger partial charge in [-0.2, -0.15) is 0 Å². The van der Waals surface area contributed by atoms with E-state index in [1.165, 1.54) is 6.07 Å². The monoisotopic (exact) mass is 373 g/mol. The third kappa shape index (κ3) is 2.89. The SMILES string of the molecule is O=C(Cc1c[nH]c2ccccc12)N1CC=C(c2c[nH]c3ccc(F)cc23)CC1. The number of nitrogens with one attached hydrogen (secondary N) is 2. The molecule has 2 aromatic heterocycles. The van der Waals surface area contributed by atoms with E-state index in [1.807, 2.05) is 41.6 Å². The van der Waals surface area contributed by atoms with E-state index in [0.717, 1.165) is 44.9 Å². The molecule has 0 atom stereocenters. The Labute approximate surface area is 161 Å². The first-order chi connectivity index (χ1) is 13.7. The van der Waals surface area contributed by atoms with Crippen molar-refractivity contribution in [3.05, 3.63) is 77.9 Å². The van der Waals surface area contributed by atoms with Crippen LogP contribution >= 0.6 is 0 Å². The first-order valence-electron chi connectivity index (χ1n) is 9.48. The van der Waals surface area contributed by atoms with Gasteiger partial charge in [0.1, 0.15) is 5.82 Å². The van der Waals surface area contributed by atoms with Crippen molar-refractivity contribution in [3.63, 3.8) is 0 Å². The molecule has 0 saturated heterocycles. The summed E-state index contributed by atoms with van der Waals surface area (Å²) >= 11 is 0. The fourth-order valence-electron chi connectivity index (χ4n) is 4.05. The predicted molar refractivity (Wildman–Crippen MR) is 109 cm³/mol. The Bertz CT molecular complexity index is 1220. The van der Waals surface area contributed by atoms with E-state index in [9.17, 15) is 9.18 Å². The molecule has 5 heteroatoms. The van der Waals surface area contributed by atoms with E-state index in [2.05, 4.69) is 16.0 Å². The number of aromatic amines is 2. The summed E-state index contributed by atoms with van der Waals surface area (Å²) in [6.07, 6.45) is 7.10. The Hall–Kier alpha value is -3.34. The zero-order valence-electron chi connectivity index (χ0n) is 15.3. The molecule has 4 nitrogen and oxygen atoms in total. The normalized spacial score (nSPS) is 14.6. The van der Waals surface area contributed by atoms with Crippen LogP contribution in [0.1, 0.15) is 17.5 Å². The van der Waals surface area contributed by atoms with E-state index in [1.54, 1.807) is 12.1 Å². The van der Waals surface area contributed by atoms with Crippen molar-refractivity contribution in [2.45, 2.75) is 12.8 Å². The highest BCUT2D eigenvalue weighted by molar-refractivity contribution is 5.93. The topological polar surface area (TPSA) is 51.9 Å². The Morgan fingerprint density at radius 3 is 2.71 bits per heavy atom. The minimum absolute atomic E-state index is 0.130. The second-order valence-electron chi connectivity index (χ2n) is 7.25. The number of hydrogen-bond donors (Lipinski definition) is 2. The highest BCUT2D eigenvalue weighted by atomic mass is 19.1. The average Bonchev–Trinajstić information content (AvgIpc) is 3.32. The number of benzene rings is 2. The van der Waals surface area contributed by atoms with Gasteiger partial charge >= 0.3 is 0 Å². The van der Waals surface area contributed by atoms with Crippen LogP contribution in [0.25, 0.3) is 27.4 Å². The molecule has 0 bridgehead atoms. The van der Waals surface area contributed by atoms with Crippen LogP contribution < -0.4 is 0 Å². The molecule has 5 rings (SSSR count). The van der Waals surface area contributed by atoms with Gasteiger partial charge in [0.05, 0.1) is 6.42 Å². The highest BCUT2D eigenvalue weighted by Crippen LogP contribution is 2.30. The van der Waals surface area contributed by atoms with Crippen molar-refractivity contribution in [2.75, 3.05) is 13.1 Å². The van der Waals surface area contributed by atoms with Crippen LogP contribution in [-0.4, -0.2) is 33.9 Å². The second kappa shape index (κ2) is 6.68. The molecule has 0 fully saturated rings. The number of aromatic nitrogens is 2. The van der Waals surface area contributed by atoms with E-state index in [4.69, 9.17) is 0 Å². The van der Waals surface area contributed by atoms with Crippen molar-refractivity contribution in [1.29, 1.82) is 0 Å². The van der Waals surface area contributed by atoms with Gasteiger partial charge in [-0.05, 0) is 41.8 Å². The van der Waals surface area contributed by atoms with E-state index >= 15 is 0 Å². The Kier molecular flexibility index (Phi) is 4.01. The van der Waals surface area contributed by atoms with Crippen molar-refractivity contribution < 1.29 is 9.18 Å². The summed E-state index contributed by atoms with van der Waals surface area (Å²) in [6, 6.07) is 12.8. The minimum Gasteiger partial charge on any atom is -0.361 e. The molecule has 4 aromatic rings. The zero-order valence-corrected chi connectivity index (χ0v) is 15.3. The number of halogens is 1. The number of H-pyrrole nitrogens is 2. The van der Waals surface area contributed by atoms with E-state index in [0.29, 0.717) is 19.5 Å². The van der Waals surface area contributed by atoms with Crippen molar-refractivity contribution in [2.24, 2.45) is 0 Å². The molecule has 3 heterocycles. The van der Waals surface area contributed by atoms with Gasteiger partial charge in [0.25, 0.3) is 0 Å². The molecular formula is C23H20FN3O. The molecule has 0 aliphatic carbocycles. The van der Waals surface area contributed by atoms with Crippen LogP contribution in [-0.2, 0) is 11.2 Å². The maximum absolute atomic E-state index is 13.6. The van der Waals surface area contributed by atoms with Gasteiger partial charge < -0.3 is 14.9 Å². The van der Waals surface area contributed by atoms with Crippen LogP contribution in [0.3, 0.4) is 0 Å². The molecule has 28 heavy (non-hydrogen) atoms. The molecule has 2 aromatic carbocycles. The quantitative estimate of drug-likeness (QED) is 0.540. The second-order valence-corrected chi connectivity index (χ2v) is 7.25. The smallest absolute Gasteiger partial charge is 0.227 e. The summed E-state index contributed by atoms with van der Waals surface area (Å²) in [5.74, 6) is -0.106. The molecule has 1 aliphatic heterocycles. The third-order valence-corrected chi connectivity index (χ3v) is 5.57. The number of fused-ring (bicyclic) bond motifs is 2. The Balaban J connectivity index is 1.33. The molecule has 0 radical (unpaired) electrons. The van der Waals surface area contributed by atoms with Crippen LogP contribution in [0.5, 0.6) is 0 Å². The number of carbonyl (C=O) groups is 1. The average molecular weight is 373 g/mol. The van der Waals surface area contributed by atoms with Gasteiger partial charge in [-0.15, -0.1) is 0 Å². The van der Waals surface area contributed by atoms with Crippen LogP contribution in [0.15, 0.2) is 60.9 Å². The zero-order chi connectivity index (χ0) is 19.1. The first kappa shape index (κ1) is 16.8. The lowest BCUT2D eigenvalue weighted by Gasteiger charge is -2.26. The first-order valence-corrected chi connectivity index (χ1v) is 9.48. The fourth-order valence-corrected chi connectivity index (χ4v) is 4.05. The van der Waals surface area contributed by atoms with Crippen LogP contribution in [0.4, 0.5) is 4.39 Å². The lowest BCUT2D eigenvalue weighted by atomic mass is 9.98. The van der Waals surface area contributed by atoms with Gasteiger partial charge in [-0.3, -0.25) is 4.79 Å². The summed E-state index contributed by atoms with van der Waals surface area (Å²) < 4.78 is 13.6. The molecule has 0 saturated carbocycles. The molecule has 0 spiro atoms. The summed E-state index contributed by atoms with van der Waals surface area (Å²) in [5.41, 5.74) is 5.20. The molecule has 0 unspecified atom stereocenters. The van der Waals surface area contributed by atoms with Crippen molar-refractivity contribution in [1.82, 2.24) is 14.9 Å². The molecular weight excluding hydrogens is 353 g/mol. The Morgan fingerprint density at radius 2 is 1.86 bits per heavy atom. The van der Waals surface area contributed by atoms with Crippen molar-refractivity contribution >= 4 is 33.3 Å². The Morgan fingerprint density at radius 1 is 1.04 bits per heavy atom. The molecule has 1 aliphatic rings. The summed E-state index contributed by atoms with van der Waals surface area (Å²) in [7, 11) is 0. The van der Waals surface area contributed by atoms with Gasteiger partial charge in [0.2, 0.25) is 5.91 Å². The maximum atomic E-state index is 13.6. The van der Waals surface area contributed by atoms with Gasteiger partial charge in [-0.25, -0.2) is 4.39 Å². The van der Waals surface area contributed by atoms with Crippen LogP contribution in [0.2, 0.25) is 0 Å². The molecule has 140 valence electrons. The summed E-state index contributed by atoms with van der Waals surface area (Å²) in [4.78, 5) is 21.1. The van der Waals surface area contributed by atoms with Gasteiger partial charge in [0.15, 0.2) is 0 Å². The minimum atomic E-state index is -0.236. The summed E-state index contributed by atoms with van der Waals surface area (Å²) in [6.45, 7) is 1.26. The molecule has 2 N–H and O–H groups in total. The van der Waals surface area contributed by atoms with Crippen molar-refractivity contribution in [3.8, 4) is 0 Å². The predicted octanol–water partition coefficient (Wildman–Crippen LogP) is 4.65. The number of hydrogen-bond acceptors (Lipinski definition) is 1. The van der Waals surface area contributed by atoms with Gasteiger partial charge in [0, 0.05) is 52.9 Å².